The number of nitrogens with zero attached hydrogens (tertiary/aromatic N) is 4. The van der Waals surface area contributed by atoms with E-state index in [0.29, 0.717) is 10.0 Å². The van der Waals surface area contributed by atoms with Gasteiger partial charge >= 0.3 is 0 Å². The maximum atomic E-state index is 6.40. The first kappa shape index (κ1) is 16.1. The number of H-pyrrole nitrogens is 1. The molecule has 0 aliphatic rings. The highest BCUT2D eigenvalue weighted by Crippen LogP contribution is 2.35. The average Bonchev–Trinajstić information content (AvgIpc) is 3.20. The van der Waals surface area contributed by atoms with E-state index in [1.807, 2.05) is 36.0 Å². The molecule has 7 heteroatoms. The van der Waals surface area contributed by atoms with E-state index in [9.17, 15) is 0 Å². The second-order valence-electron chi connectivity index (χ2n) is 5.83. The van der Waals surface area contributed by atoms with Crippen molar-refractivity contribution in [1.82, 2.24) is 25.0 Å². The molecular weight excluding hydrogens is 357 g/mol. The minimum atomic E-state index is 0.619. The Morgan fingerprint density at radius 3 is 2.72 bits per heavy atom. The minimum absolute atomic E-state index is 0.619. The standard InChI is InChI=1S/C18H15Cl2N5/c1-25-16(7-8-17-21-10-22-23-17)14-4-2-3-13(18(14)24-25)12-6-5-11(19)9-15(12)20/h2-6,9-10H,7-8H2,1H3,(H,21,22,23). The smallest absolute Gasteiger partial charge is 0.137 e. The highest BCUT2D eigenvalue weighted by molar-refractivity contribution is 6.36. The quantitative estimate of drug-likeness (QED) is 0.576. The zero-order valence-corrected chi connectivity index (χ0v) is 15.0. The first-order valence-electron chi connectivity index (χ1n) is 7.88. The van der Waals surface area contributed by atoms with E-state index in [0.717, 1.165) is 46.4 Å². The van der Waals surface area contributed by atoms with E-state index in [-0.39, 0.29) is 0 Å². The zero-order chi connectivity index (χ0) is 17.4. The maximum absolute atomic E-state index is 6.40. The Morgan fingerprint density at radius 2 is 1.96 bits per heavy atom. The Hall–Kier alpha value is -2.37. The minimum Gasteiger partial charge on any atom is -0.271 e. The van der Waals surface area contributed by atoms with Crippen molar-refractivity contribution in [2.24, 2.45) is 7.05 Å². The van der Waals surface area contributed by atoms with Crippen LogP contribution in [0.15, 0.2) is 42.7 Å². The molecule has 2 aromatic carbocycles. The Labute approximate surface area is 154 Å². The van der Waals surface area contributed by atoms with Gasteiger partial charge in [0.15, 0.2) is 0 Å². The van der Waals surface area contributed by atoms with Gasteiger partial charge in [0.2, 0.25) is 0 Å². The fourth-order valence-corrected chi connectivity index (χ4v) is 3.59. The summed E-state index contributed by atoms with van der Waals surface area (Å²) in [5, 5.41) is 13.9. The molecule has 1 N–H and O–H groups in total. The van der Waals surface area contributed by atoms with E-state index < -0.39 is 0 Å². The van der Waals surface area contributed by atoms with E-state index in [2.05, 4.69) is 21.2 Å². The molecule has 0 unspecified atom stereocenters. The molecule has 0 fully saturated rings. The van der Waals surface area contributed by atoms with Crippen LogP contribution < -0.4 is 0 Å². The summed E-state index contributed by atoms with van der Waals surface area (Å²) in [6.45, 7) is 0. The van der Waals surface area contributed by atoms with Crippen LogP contribution in [0.1, 0.15) is 11.5 Å². The first-order valence-corrected chi connectivity index (χ1v) is 8.63. The second kappa shape index (κ2) is 6.50. The molecule has 2 heterocycles. The van der Waals surface area contributed by atoms with Crippen LogP contribution in [-0.4, -0.2) is 25.0 Å². The Bertz CT molecular complexity index is 1040. The summed E-state index contributed by atoms with van der Waals surface area (Å²) in [6.07, 6.45) is 3.12. The number of aromatic amines is 1. The summed E-state index contributed by atoms with van der Waals surface area (Å²) in [5.74, 6) is 0.867. The van der Waals surface area contributed by atoms with Crippen LogP contribution in [-0.2, 0) is 19.9 Å². The molecule has 4 aromatic rings. The van der Waals surface area contributed by atoms with Crippen molar-refractivity contribution in [2.75, 3.05) is 0 Å². The van der Waals surface area contributed by atoms with Gasteiger partial charge in [-0.2, -0.15) is 10.2 Å². The molecule has 2 aromatic heterocycles. The second-order valence-corrected chi connectivity index (χ2v) is 6.67. The predicted octanol–water partition coefficient (Wildman–Crippen LogP) is 4.45. The van der Waals surface area contributed by atoms with Crippen LogP contribution in [0.4, 0.5) is 0 Å². The molecule has 0 radical (unpaired) electrons. The third-order valence-electron chi connectivity index (χ3n) is 4.27. The van der Waals surface area contributed by atoms with Gasteiger partial charge in [0.1, 0.15) is 17.7 Å². The topological polar surface area (TPSA) is 59.4 Å². The van der Waals surface area contributed by atoms with Crippen LogP contribution in [0.3, 0.4) is 0 Å². The monoisotopic (exact) mass is 371 g/mol. The molecule has 126 valence electrons. The molecule has 0 atom stereocenters. The molecule has 0 spiro atoms. The fourth-order valence-electron chi connectivity index (χ4n) is 3.08. The Morgan fingerprint density at radius 1 is 1.08 bits per heavy atom. The van der Waals surface area contributed by atoms with E-state index in [1.54, 1.807) is 6.07 Å². The third-order valence-corrected chi connectivity index (χ3v) is 4.82. The molecular formula is C18H15Cl2N5. The van der Waals surface area contributed by atoms with Gasteiger partial charge in [-0.05, 0) is 18.6 Å². The highest BCUT2D eigenvalue weighted by atomic mass is 35.5. The van der Waals surface area contributed by atoms with E-state index >= 15 is 0 Å². The van der Waals surface area contributed by atoms with E-state index in [4.69, 9.17) is 28.3 Å². The van der Waals surface area contributed by atoms with E-state index in [1.165, 1.54) is 6.33 Å². The van der Waals surface area contributed by atoms with Gasteiger partial charge in [-0.15, -0.1) is 0 Å². The van der Waals surface area contributed by atoms with Gasteiger partial charge in [-0.3, -0.25) is 9.78 Å². The number of aryl methyl sites for hydroxylation is 3. The van der Waals surface area contributed by atoms with Crippen molar-refractivity contribution in [2.45, 2.75) is 12.8 Å². The molecule has 5 nitrogen and oxygen atoms in total. The number of nitrogens with one attached hydrogen (secondary N) is 1. The maximum Gasteiger partial charge on any atom is 0.137 e. The number of halogens is 2. The molecule has 25 heavy (non-hydrogen) atoms. The number of rotatable bonds is 4. The number of aromatic nitrogens is 5. The van der Waals surface area contributed by atoms with Crippen LogP contribution >= 0.6 is 23.2 Å². The SMILES string of the molecule is Cn1nc2c(-c3ccc(Cl)cc3Cl)cccc2c1CCc1ncn[nH]1. The largest absolute Gasteiger partial charge is 0.271 e. The summed E-state index contributed by atoms with van der Waals surface area (Å²) in [4.78, 5) is 4.18. The summed E-state index contributed by atoms with van der Waals surface area (Å²) >= 11 is 12.4. The molecule has 0 bridgehead atoms. The highest BCUT2D eigenvalue weighted by Gasteiger charge is 2.15. The predicted molar refractivity (Wildman–Crippen MR) is 100.0 cm³/mol. The van der Waals surface area contributed by atoms with Crippen molar-refractivity contribution in [3.8, 4) is 11.1 Å². The van der Waals surface area contributed by atoms with Crippen molar-refractivity contribution < 1.29 is 0 Å². The van der Waals surface area contributed by atoms with Gasteiger partial charge in [-0.25, -0.2) is 4.98 Å². The molecule has 0 saturated carbocycles. The van der Waals surface area contributed by atoms with Crippen LogP contribution in [0, 0.1) is 0 Å². The van der Waals surface area contributed by atoms with Gasteiger partial charge in [0.05, 0.1) is 0 Å². The fraction of sp³-hybridized carbons (Fsp3) is 0.167. The zero-order valence-electron chi connectivity index (χ0n) is 13.5. The summed E-state index contributed by atoms with van der Waals surface area (Å²) < 4.78 is 1.92. The average molecular weight is 372 g/mol. The third kappa shape index (κ3) is 3.01. The molecule has 0 aliphatic carbocycles. The number of benzene rings is 2. The Balaban J connectivity index is 1.79. The lowest BCUT2D eigenvalue weighted by Crippen LogP contribution is -2.01. The van der Waals surface area contributed by atoms with Crippen molar-refractivity contribution in [3.05, 3.63) is 64.3 Å². The summed E-state index contributed by atoms with van der Waals surface area (Å²) in [7, 11) is 1.96. The molecule has 4 rings (SSSR count). The van der Waals surface area contributed by atoms with Crippen molar-refractivity contribution in [3.63, 3.8) is 0 Å². The number of fused-ring (bicyclic) bond motifs is 1. The van der Waals surface area contributed by atoms with Gasteiger partial charge in [0, 0.05) is 45.7 Å². The van der Waals surface area contributed by atoms with Crippen LogP contribution in [0.2, 0.25) is 10.0 Å². The van der Waals surface area contributed by atoms with Gasteiger partial charge in [-0.1, -0.05) is 47.5 Å². The van der Waals surface area contributed by atoms with Crippen LogP contribution in [0.25, 0.3) is 22.0 Å². The van der Waals surface area contributed by atoms with Crippen molar-refractivity contribution in [1.29, 1.82) is 0 Å². The van der Waals surface area contributed by atoms with Crippen molar-refractivity contribution >= 4 is 34.1 Å². The van der Waals surface area contributed by atoms with Crippen LogP contribution in [0.5, 0.6) is 0 Å². The lowest BCUT2D eigenvalue weighted by molar-refractivity contribution is 0.704. The summed E-state index contributed by atoms with van der Waals surface area (Å²) in [6, 6.07) is 11.7. The normalized spacial score (nSPS) is 11.3. The van der Waals surface area contributed by atoms with Gasteiger partial charge < -0.3 is 0 Å². The number of hydrogen-bond acceptors (Lipinski definition) is 3. The molecule has 0 amide bonds. The molecule has 0 saturated heterocycles. The lowest BCUT2D eigenvalue weighted by atomic mass is 10.0. The molecule has 0 aliphatic heterocycles. The number of hydrogen-bond donors (Lipinski definition) is 1. The lowest BCUT2D eigenvalue weighted by Gasteiger charge is -2.06. The Kier molecular flexibility index (Phi) is 4.19. The summed E-state index contributed by atoms with van der Waals surface area (Å²) in [5.41, 5.74) is 4.01. The first-order chi connectivity index (χ1) is 12.1. The van der Waals surface area contributed by atoms with Gasteiger partial charge in [0.25, 0.3) is 0 Å².